The molecule has 4 aliphatic heterocycles. The predicted octanol–water partition coefficient (Wildman–Crippen LogP) is 3.65. The van der Waals surface area contributed by atoms with Gasteiger partial charge in [-0.3, -0.25) is 10.1 Å². The summed E-state index contributed by atoms with van der Waals surface area (Å²) in [5.41, 5.74) is 4.75. The number of ether oxygens (including phenoxy) is 2. The second kappa shape index (κ2) is 11.4. The van der Waals surface area contributed by atoms with Gasteiger partial charge >= 0.3 is 12.0 Å². The normalized spacial score (nSPS) is 22.0. The van der Waals surface area contributed by atoms with Crippen LogP contribution in [-0.2, 0) is 16.0 Å². The number of carbonyl (C=O) groups excluding carboxylic acids is 2. The average Bonchev–Trinajstić information content (AvgIpc) is 3.37. The molecular formula is C28H38N4O4. The molecule has 0 aromatic heterocycles. The van der Waals surface area contributed by atoms with E-state index in [4.69, 9.17) is 9.47 Å². The Morgan fingerprint density at radius 1 is 1.22 bits per heavy atom. The van der Waals surface area contributed by atoms with Crippen LogP contribution in [0.2, 0.25) is 0 Å². The van der Waals surface area contributed by atoms with Gasteiger partial charge in [-0.15, -0.1) is 0 Å². The molecule has 194 valence electrons. The molecule has 36 heavy (non-hydrogen) atoms. The third kappa shape index (κ3) is 5.53. The van der Waals surface area contributed by atoms with Crippen molar-refractivity contribution in [3.8, 4) is 5.75 Å². The first-order valence-electron chi connectivity index (χ1n) is 13.5. The van der Waals surface area contributed by atoms with Gasteiger partial charge in [0.15, 0.2) is 0 Å². The number of piperidine rings is 1. The lowest BCUT2D eigenvalue weighted by Crippen LogP contribution is -2.51. The number of hydrogen-bond donors (Lipinski definition) is 2. The zero-order valence-electron chi connectivity index (χ0n) is 21.3. The van der Waals surface area contributed by atoms with Gasteiger partial charge in [0, 0.05) is 31.8 Å². The van der Waals surface area contributed by atoms with Crippen LogP contribution in [0.1, 0.15) is 62.6 Å². The van der Waals surface area contributed by atoms with Crippen LogP contribution in [-0.4, -0.2) is 67.4 Å². The van der Waals surface area contributed by atoms with Crippen molar-refractivity contribution in [1.29, 1.82) is 0 Å². The Labute approximate surface area is 213 Å². The number of amides is 2. The van der Waals surface area contributed by atoms with Crippen LogP contribution in [0.4, 0.5) is 4.79 Å². The number of rotatable bonds is 9. The predicted molar refractivity (Wildman–Crippen MR) is 137 cm³/mol. The van der Waals surface area contributed by atoms with Gasteiger partial charge in [-0.25, -0.2) is 4.79 Å². The van der Waals surface area contributed by atoms with Crippen molar-refractivity contribution in [2.45, 2.75) is 64.1 Å². The van der Waals surface area contributed by atoms with Crippen molar-refractivity contribution in [2.75, 3.05) is 39.4 Å². The Morgan fingerprint density at radius 2 is 2.14 bits per heavy atom. The van der Waals surface area contributed by atoms with Crippen LogP contribution < -0.4 is 15.4 Å². The van der Waals surface area contributed by atoms with E-state index in [9.17, 15) is 9.59 Å². The fraction of sp³-hybridized carbons (Fsp3) is 0.571. The molecule has 0 spiro atoms. The lowest BCUT2D eigenvalue weighted by molar-refractivity contribution is -0.144. The molecule has 4 aliphatic rings. The number of nitrogens with zero attached hydrogens (tertiary/aromatic N) is 2. The Hall–Kier alpha value is -3.00. The summed E-state index contributed by atoms with van der Waals surface area (Å²) in [5, 5.41) is 7.14. The van der Waals surface area contributed by atoms with Gasteiger partial charge in [0.25, 0.3) is 0 Å². The maximum atomic E-state index is 13.6. The average molecular weight is 495 g/mol. The number of fused-ring (bicyclic) bond motifs is 2. The monoisotopic (exact) mass is 494 g/mol. The highest BCUT2D eigenvalue weighted by Gasteiger charge is 2.34. The van der Waals surface area contributed by atoms with Crippen LogP contribution in [0.15, 0.2) is 41.6 Å². The zero-order valence-corrected chi connectivity index (χ0v) is 21.3. The van der Waals surface area contributed by atoms with Crippen molar-refractivity contribution in [2.24, 2.45) is 0 Å². The van der Waals surface area contributed by atoms with Crippen molar-refractivity contribution in [3.05, 3.63) is 52.7 Å². The summed E-state index contributed by atoms with van der Waals surface area (Å²) in [6, 6.07) is 5.73. The minimum atomic E-state index is -0.363. The Balaban J connectivity index is 1.24. The van der Waals surface area contributed by atoms with Gasteiger partial charge in [-0.05, 0) is 74.4 Å². The summed E-state index contributed by atoms with van der Waals surface area (Å²) in [4.78, 5) is 29.9. The minimum Gasteiger partial charge on any atom is -0.493 e. The van der Waals surface area contributed by atoms with E-state index in [1.165, 1.54) is 23.3 Å². The highest BCUT2D eigenvalue weighted by Crippen LogP contribution is 2.34. The van der Waals surface area contributed by atoms with E-state index < -0.39 is 0 Å². The first-order valence-corrected chi connectivity index (χ1v) is 13.5. The largest absolute Gasteiger partial charge is 0.493 e. The third-order valence-electron chi connectivity index (χ3n) is 7.55. The third-order valence-corrected chi connectivity index (χ3v) is 7.55. The van der Waals surface area contributed by atoms with Crippen LogP contribution in [0.3, 0.4) is 0 Å². The van der Waals surface area contributed by atoms with Crippen molar-refractivity contribution >= 4 is 12.0 Å². The Kier molecular flexibility index (Phi) is 7.80. The highest BCUT2D eigenvalue weighted by molar-refractivity contribution is 5.77. The summed E-state index contributed by atoms with van der Waals surface area (Å²) in [7, 11) is 0. The van der Waals surface area contributed by atoms with Crippen molar-refractivity contribution < 1.29 is 19.1 Å². The number of urea groups is 1. The van der Waals surface area contributed by atoms with Gasteiger partial charge in [0.1, 0.15) is 5.75 Å². The maximum absolute atomic E-state index is 13.6. The number of hydrogen-bond acceptors (Lipinski definition) is 6. The summed E-state index contributed by atoms with van der Waals surface area (Å²) < 4.78 is 11.0. The lowest BCUT2D eigenvalue weighted by atomic mass is 9.98. The summed E-state index contributed by atoms with van der Waals surface area (Å²) in [5.74, 6) is 0.577. The molecule has 1 aromatic rings. The standard InChI is InChI=1S/C28H38N4O4/c1-2-35-26(33)19-24(22-9-8-20-12-17-36-25(20)18-22)32-16-5-15-31(28(32)34)14-4-7-23-11-10-21-6-3-13-29-27(21)30-23/h8-11,18,24,27,29-30H,2-7,12-17,19H2,1H3/t24-,27?/m0/s1. The zero-order chi connectivity index (χ0) is 24.9. The molecule has 8 heteroatoms. The van der Waals surface area contributed by atoms with Crippen LogP contribution in [0, 0.1) is 0 Å². The molecule has 4 heterocycles. The number of dihydropyridines is 1. The molecule has 0 bridgehead atoms. The lowest BCUT2D eigenvalue weighted by Gasteiger charge is -2.40. The van der Waals surface area contributed by atoms with Gasteiger partial charge in [-0.2, -0.15) is 0 Å². The number of benzene rings is 1. The van der Waals surface area contributed by atoms with Crippen molar-refractivity contribution in [3.63, 3.8) is 0 Å². The van der Waals surface area contributed by atoms with E-state index in [2.05, 4.69) is 28.9 Å². The number of nitrogens with one attached hydrogen (secondary N) is 2. The maximum Gasteiger partial charge on any atom is 0.320 e. The molecule has 8 nitrogen and oxygen atoms in total. The van der Waals surface area contributed by atoms with Crippen molar-refractivity contribution in [1.82, 2.24) is 20.4 Å². The molecule has 2 N–H and O–H groups in total. The summed E-state index contributed by atoms with van der Waals surface area (Å²) in [6.45, 7) is 5.93. The summed E-state index contributed by atoms with van der Waals surface area (Å²) in [6.07, 6.45) is 10.7. The molecule has 0 saturated carbocycles. The smallest absolute Gasteiger partial charge is 0.320 e. The van der Waals surface area contributed by atoms with Gasteiger partial charge in [0.2, 0.25) is 0 Å². The molecule has 5 rings (SSSR count). The van der Waals surface area contributed by atoms with E-state index in [0.29, 0.717) is 26.3 Å². The van der Waals surface area contributed by atoms with E-state index in [-0.39, 0.29) is 30.6 Å². The van der Waals surface area contributed by atoms with E-state index in [1.54, 1.807) is 0 Å². The molecule has 1 unspecified atom stereocenters. The molecule has 1 aromatic carbocycles. The van der Waals surface area contributed by atoms with Gasteiger partial charge < -0.3 is 24.6 Å². The fourth-order valence-corrected chi connectivity index (χ4v) is 5.67. The molecule has 0 aliphatic carbocycles. The van der Waals surface area contributed by atoms with Crippen LogP contribution >= 0.6 is 0 Å². The fourth-order valence-electron chi connectivity index (χ4n) is 5.67. The summed E-state index contributed by atoms with van der Waals surface area (Å²) >= 11 is 0. The Bertz CT molecular complexity index is 1040. The van der Waals surface area contributed by atoms with E-state index in [1.807, 2.05) is 28.9 Å². The quantitative estimate of drug-likeness (QED) is 0.510. The number of allylic oxidation sites excluding steroid dienone is 3. The van der Waals surface area contributed by atoms with E-state index >= 15 is 0 Å². The molecule has 2 saturated heterocycles. The molecule has 2 atom stereocenters. The van der Waals surface area contributed by atoms with Crippen LogP contribution in [0.5, 0.6) is 5.75 Å². The molecule has 0 radical (unpaired) electrons. The molecular weight excluding hydrogens is 456 g/mol. The van der Waals surface area contributed by atoms with Gasteiger partial charge in [-0.1, -0.05) is 18.2 Å². The van der Waals surface area contributed by atoms with Gasteiger partial charge in [0.05, 0.1) is 31.8 Å². The van der Waals surface area contributed by atoms with Crippen LogP contribution in [0.25, 0.3) is 0 Å². The highest BCUT2D eigenvalue weighted by atomic mass is 16.5. The second-order valence-electron chi connectivity index (χ2n) is 9.98. The number of esters is 1. The Morgan fingerprint density at radius 3 is 3.03 bits per heavy atom. The molecule has 2 fully saturated rings. The minimum absolute atomic E-state index is 0.00122. The SMILES string of the molecule is CCOC(=O)C[C@@H](c1ccc2c(c1)OCC2)N1CCCN(CCCC2=CC=C3CCCNC3N2)C1=O. The number of carbonyl (C=O) groups is 2. The topological polar surface area (TPSA) is 83.1 Å². The molecule has 2 amide bonds. The first-order chi connectivity index (χ1) is 17.6. The second-order valence-corrected chi connectivity index (χ2v) is 9.98. The van der Waals surface area contributed by atoms with E-state index in [0.717, 1.165) is 56.5 Å². The first kappa shape index (κ1) is 24.7.